The van der Waals surface area contributed by atoms with E-state index < -0.39 is 12.7 Å². The normalized spacial score (nSPS) is 15.7. The van der Waals surface area contributed by atoms with Crippen LogP contribution in [-0.4, -0.2) is 30.2 Å². The number of rotatable bonds is 7. The van der Waals surface area contributed by atoms with Gasteiger partial charge in [0.15, 0.2) is 0 Å². The van der Waals surface area contributed by atoms with Gasteiger partial charge in [0.2, 0.25) is 0 Å². The van der Waals surface area contributed by atoms with Crippen molar-refractivity contribution in [2.75, 3.05) is 13.1 Å². The van der Waals surface area contributed by atoms with E-state index in [4.69, 9.17) is 5.73 Å². The van der Waals surface area contributed by atoms with E-state index in [1.165, 1.54) is 16.2 Å². The summed E-state index contributed by atoms with van der Waals surface area (Å²) >= 11 is 1.47. The molecule has 0 saturated carbocycles. The first kappa shape index (κ1) is 16.5. The molecule has 0 aliphatic carbocycles. The first-order valence-corrected chi connectivity index (χ1v) is 7.36. The third-order valence-electron chi connectivity index (χ3n) is 3.00. The largest absolute Gasteiger partial charge is 0.401 e. The lowest BCUT2D eigenvalue weighted by Gasteiger charge is -2.35. The number of halogens is 3. The molecule has 0 saturated heterocycles. The van der Waals surface area contributed by atoms with Crippen molar-refractivity contribution in [2.24, 2.45) is 5.73 Å². The van der Waals surface area contributed by atoms with Crippen LogP contribution in [0.15, 0.2) is 17.5 Å². The minimum Gasteiger partial charge on any atom is -0.326 e. The SMILES string of the molecule is CCCN(CC(F)(F)F)C(c1cccs1)C(N)CC. The second-order valence-electron chi connectivity index (χ2n) is 4.62. The molecule has 0 aliphatic heterocycles. The van der Waals surface area contributed by atoms with Crippen molar-refractivity contribution in [1.82, 2.24) is 4.90 Å². The summed E-state index contributed by atoms with van der Waals surface area (Å²) in [7, 11) is 0. The lowest BCUT2D eigenvalue weighted by atomic mass is 10.0. The van der Waals surface area contributed by atoms with E-state index >= 15 is 0 Å². The van der Waals surface area contributed by atoms with Crippen molar-refractivity contribution in [3.8, 4) is 0 Å². The Balaban J connectivity index is 2.97. The molecule has 0 bridgehead atoms. The molecule has 0 fully saturated rings. The van der Waals surface area contributed by atoms with Gasteiger partial charge in [-0.2, -0.15) is 13.2 Å². The van der Waals surface area contributed by atoms with Crippen LogP contribution in [-0.2, 0) is 0 Å². The van der Waals surface area contributed by atoms with Crippen LogP contribution in [0.25, 0.3) is 0 Å². The van der Waals surface area contributed by atoms with E-state index in [0.29, 0.717) is 19.4 Å². The van der Waals surface area contributed by atoms with Gasteiger partial charge in [0.1, 0.15) is 0 Å². The molecule has 0 spiro atoms. The lowest BCUT2D eigenvalue weighted by Crippen LogP contribution is -2.45. The van der Waals surface area contributed by atoms with Gasteiger partial charge in [-0.3, -0.25) is 4.90 Å². The van der Waals surface area contributed by atoms with Crippen LogP contribution in [0.1, 0.15) is 37.6 Å². The molecule has 1 aromatic rings. The Morgan fingerprint density at radius 2 is 2.05 bits per heavy atom. The highest BCUT2D eigenvalue weighted by atomic mass is 32.1. The monoisotopic (exact) mass is 294 g/mol. The first-order valence-electron chi connectivity index (χ1n) is 6.48. The zero-order chi connectivity index (χ0) is 14.5. The number of alkyl halides is 3. The highest BCUT2D eigenvalue weighted by Crippen LogP contribution is 2.31. The summed E-state index contributed by atoms with van der Waals surface area (Å²) in [6.07, 6.45) is -2.87. The predicted molar refractivity (Wildman–Crippen MR) is 73.2 cm³/mol. The van der Waals surface area contributed by atoms with Gasteiger partial charge in [0, 0.05) is 10.9 Å². The van der Waals surface area contributed by atoms with Crippen molar-refractivity contribution >= 4 is 11.3 Å². The van der Waals surface area contributed by atoms with E-state index in [1.54, 1.807) is 0 Å². The molecule has 1 heterocycles. The summed E-state index contributed by atoms with van der Waals surface area (Å²) in [5, 5.41) is 1.88. The van der Waals surface area contributed by atoms with Crippen molar-refractivity contribution in [2.45, 2.75) is 44.9 Å². The third-order valence-corrected chi connectivity index (χ3v) is 3.94. The van der Waals surface area contributed by atoms with Gasteiger partial charge >= 0.3 is 6.18 Å². The molecule has 0 aliphatic rings. The molecule has 1 rings (SSSR count). The Morgan fingerprint density at radius 3 is 2.47 bits per heavy atom. The molecule has 2 unspecified atom stereocenters. The second kappa shape index (κ2) is 7.26. The van der Waals surface area contributed by atoms with Gasteiger partial charge in [0.05, 0.1) is 12.6 Å². The van der Waals surface area contributed by atoms with E-state index in [0.717, 1.165) is 4.88 Å². The van der Waals surface area contributed by atoms with Gasteiger partial charge in [-0.05, 0) is 30.8 Å². The van der Waals surface area contributed by atoms with Crippen LogP contribution < -0.4 is 5.73 Å². The van der Waals surface area contributed by atoms with Crippen molar-refractivity contribution < 1.29 is 13.2 Å². The van der Waals surface area contributed by atoms with Crippen LogP contribution in [0.2, 0.25) is 0 Å². The summed E-state index contributed by atoms with van der Waals surface area (Å²) in [5.41, 5.74) is 6.06. The van der Waals surface area contributed by atoms with Gasteiger partial charge < -0.3 is 5.73 Å². The Labute approximate surface area is 116 Å². The molecule has 0 radical (unpaired) electrons. The fraction of sp³-hybridized carbons (Fsp3) is 0.692. The summed E-state index contributed by atoms with van der Waals surface area (Å²) in [6.45, 7) is 3.28. The molecule has 2 atom stereocenters. The van der Waals surface area contributed by atoms with E-state index in [-0.39, 0.29) is 12.1 Å². The summed E-state index contributed by atoms with van der Waals surface area (Å²) < 4.78 is 38.2. The number of hydrogen-bond donors (Lipinski definition) is 1. The smallest absolute Gasteiger partial charge is 0.326 e. The van der Waals surface area contributed by atoms with Crippen LogP contribution in [0, 0.1) is 0 Å². The zero-order valence-electron chi connectivity index (χ0n) is 11.3. The summed E-state index contributed by atoms with van der Waals surface area (Å²) in [5.74, 6) is 0. The minimum atomic E-state index is -4.20. The Hall–Kier alpha value is -0.590. The zero-order valence-corrected chi connectivity index (χ0v) is 12.1. The van der Waals surface area contributed by atoms with Crippen LogP contribution in [0.3, 0.4) is 0 Å². The maximum absolute atomic E-state index is 12.7. The van der Waals surface area contributed by atoms with Gasteiger partial charge in [-0.1, -0.05) is 19.9 Å². The van der Waals surface area contributed by atoms with E-state index in [1.807, 2.05) is 31.4 Å². The van der Waals surface area contributed by atoms with E-state index in [2.05, 4.69) is 0 Å². The molecule has 0 aromatic carbocycles. The number of thiophene rings is 1. The average Bonchev–Trinajstić information content (AvgIpc) is 2.80. The quantitative estimate of drug-likeness (QED) is 0.829. The molecular weight excluding hydrogens is 273 g/mol. The van der Waals surface area contributed by atoms with Crippen LogP contribution >= 0.6 is 11.3 Å². The predicted octanol–water partition coefficient (Wildman–Crippen LogP) is 3.80. The molecule has 2 N–H and O–H groups in total. The van der Waals surface area contributed by atoms with Crippen LogP contribution in [0.5, 0.6) is 0 Å². The molecule has 1 aromatic heterocycles. The summed E-state index contributed by atoms with van der Waals surface area (Å²) in [4.78, 5) is 2.37. The third kappa shape index (κ3) is 5.12. The number of nitrogens with zero attached hydrogens (tertiary/aromatic N) is 1. The molecule has 0 amide bonds. The van der Waals surface area contributed by atoms with Crippen molar-refractivity contribution in [3.63, 3.8) is 0 Å². The standard InChI is InChI=1S/C13H21F3N2S/c1-3-7-18(9-13(14,15)16)12(10(17)4-2)11-6-5-8-19-11/h5-6,8,10,12H,3-4,7,9,17H2,1-2H3. The second-order valence-corrected chi connectivity index (χ2v) is 5.60. The topological polar surface area (TPSA) is 29.3 Å². The van der Waals surface area contributed by atoms with Gasteiger partial charge in [-0.25, -0.2) is 0 Å². The molecule has 110 valence electrons. The molecular formula is C13H21F3N2S. The molecule has 2 nitrogen and oxygen atoms in total. The Bertz CT molecular complexity index is 351. The Kier molecular flexibility index (Phi) is 6.29. The highest BCUT2D eigenvalue weighted by molar-refractivity contribution is 7.10. The fourth-order valence-corrected chi connectivity index (χ4v) is 3.11. The molecule has 6 heteroatoms. The lowest BCUT2D eigenvalue weighted by molar-refractivity contribution is -0.152. The first-order chi connectivity index (χ1) is 8.89. The van der Waals surface area contributed by atoms with Gasteiger partial charge in [-0.15, -0.1) is 11.3 Å². The number of nitrogens with two attached hydrogens (primary N) is 1. The average molecular weight is 294 g/mol. The number of hydrogen-bond acceptors (Lipinski definition) is 3. The maximum atomic E-state index is 12.7. The van der Waals surface area contributed by atoms with Crippen molar-refractivity contribution in [1.29, 1.82) is 0 Å². The summed E-state index contributed by atoms with van der Waals surface area (Å²) in [6, 6.07) is 3.08. The van der Waals surface area contributed by atoms with Gasteiger partial charge in [0.25, 0.3) is 0 Å². The van der Waals surface area contributed by atoms with Crippen LogP contribution in [0.4, 0.5) is 13.2 Å². The van der Waals surface area contributed by atoms with Crippen molar-refractivity contribution in [3.05, 3.63) is 22.4 Å². The Morgan fingerprint density at radius 1 is 1.37 bits per heavy atom. The minimum absolute atomic E-state index is 0.285. The highest BCUT2D eigenvalue weighted by Gasteiger charge is 2.36. The fourth-order valence-electron chi connectivity index (χ4n) is 2.18. The van der Waals surface area contributed by atoms with E-state index in [9.17, 15) is 13.2 Å². The maximum Gasteiger partial charge on any atom is 0.401 e. The molecule has 19 heavy (non-hydrogen) atoms.